The van der Waals surface area contributed by atoms with Crippen LogP contribution in [0.4, 0.5) is 0 Å². The average molecular weight is 298 g/mol. The van der Waals surface area contributed by atoms with Crippen molar-refractivity contribution in [1.29, 1.82) is 0 Å². The Bertz CT molecular complexity index is 609. The molecule has 2 fully saturated rings. The van der Waals surface area contributed by atoms with Gasteiger partial charge in [-0.25, -0.2) is 8.42 Å². The van der Waals surface area contributed by atoms with Gasteiger partial charge in [-0.3, -0.25) is 4.68 Å². The van der Waals surface area contributed by atoms with Crippen molar-refractivity contribution in [1.82, 2.24) is 19.4 Å². The summed E-state index contributed by atoms with van der Waals surface area (Å²) in [5.41, 5.74) is 1.30. The lowest BCUT2D eigenvalue weighted by Gasteiger charge is -2.24. The van der Waals surface area contributed by atoms with Gasteiger partial charge in [0.15, 0.2) is 0 Å². The fourth-order valence-electron chi connectivity index (χ4n) is 3.46. The zero-order chi connectivity index (χ0) is 14.5. The highest BCUT2D eigenvalue weighted by Gasteiger charge is 2.41. The van der Waals surface area contributed by atoms with Crippen LogP contribution in [0.15, 0.2) is 4.90 Å². The molecule has 0 aromatic carbocycles. The summed E-state index contributed by atoms with van der Waals surface area (Å²) in [6.45, 7) is 5.80. The number of hydrogen-bond acceptors (Lipinski definition) is 4. The van der Waals surface area contributed by atoms with E-state index < -0.39 is 10.0 Å². The van der Waals surface area contributed by atoms with Crippen molar-refractivity contribution in [2.75, 3.05) is 19.6 Å². The van der Waals surface area contributed by atoms with Gasteiger partial charge in [0.2, 0.25) is 10.0 Å². The van der Waals surface area contributed by atoms with Gasteiger partial charge in [0.1, 0.15) is 4.90 Å². The lowest BCUT2D eigenvalue weighted by Crippen LogP contribution is -2.41. The smallest absolute Gasteiger partial charge is 0.246 e. The summed E-state index contributed by atoms with van der Waals surface area (Å²) < 4.78 is 29.0. The van der Waals surface area contributed by atoms with E-state index in [9.17, 15) is 8.42 Å². The minimum absolute atomic E-state index is 0.316. The molecular formula is C13H22N4O2S. The molecule has 6 nitrogen and oxygen atoms in total. The molecule has 20 heavy (non-hydrogen) atoms. The van der Waals surface area contributed by atoms with E-state index in [1.807, 2.05) is 6.92 Å². The highest BCUT2D eigenvalue weighted by atomic mass is 32.2. The zero-order valence-corrected chi connectivity index (χ0v) is 13.1. The predicted molar refractivity (Wildman–Crippen MR) is 76.0 cm³/mol. The number of sulfonamides is 1. The van der Waals surface area contributed by atoms with Crippen LogP contribution >= 0.6 is 0 Å². The Morgan fingerprint density at radius 2 is 2.05 bits per heavy atom. The van der Waals surface area contributed by atoms with E-state index in [0.29, 0.717) is 41.3 Å². The first-order valence-corrected chi connectivity index (χ1v) is 8.59. The quantitative estimate of drug-likeness (QED) is 0.859. The molecule has 0 aliphatic carbocycles. The number of aromatic nitrogens is 2. The van der Waals surface area contributed by atoms with E-state index in [0.717, 1.165) is 19.4 Å². The molecule has 3 heterocycles. The van der Waals surface area contributed by atoms with Crippen molar-refractivity contribution >= 4 is 10.0 Å². The third kappa shape index (κ3) is 2.08. The predicted octanol–water partition coefficient (Wildman–Crippen LogP) is 0.409. The fraction of sp³-hybridized carbons (Fsp3) is 0.769. The maximum atomic E-state index is 12.9. The summed E-state index contributed by atoms with van der Waals surface area (Å²) in [6, 6.07) is 0.316. The number of nitrogens with zero attached hydrogens (tertiary/aromatic N) is 3. The second-order valence-corrected chi connectivity index (χ2v) is 7.78. The van der Waals surface area contributed by atoms with Gasteiger partial charge in [0.05, 0.1) is 11.4 Å². The molecule has 7 heteroatoms. The van der Waals surface area contributed by atoms with E-state index in [-0.39, 0.29) is 0 Å². The minimum atomic E-state index is -3.43. The van der Waals surface area contributed by atoms with Gasteiger partial charge in [-0.2, -0.15) is 9.40 Å². The van der Waals surface area contributed by atoms with Crippen LogP contribution in [-0.2, 0) is 17.1 Å². The Balaban J connectivity index is 1.93. The van der Waals surface area contributed by atoms with Gasteiger partial charge in [-0.15, -0.1) is 0 Å². The zero-order valence-electron chi connectivity index (χ0n) is 12.3. The van der Waals surface area contributed by atoms with Gasteiger partial charge < -0.3 is 5.32 Å². The minimum Gasteiger partial charge on any atom is -0.312 e. The normalized spacial score (nSPS) is 27.8. The lowest BCUT2D eigenvalue weighted by atomic mass is 9.94. The highest BCUT2D eigenvalue weighted by molar-refractivity contribution is 7.89. The summed E-state index contributed by atoms with van der Waals surface area (Å²) in [7, 11) is -1.64. The SMILES string of the molecule is Cc1nn(C)c(C)c1S(=O)(=O)N1CC2CCCNC2C1. The van der Waals surface area contributed by atoms with Gasteiger partial charge in [-0.05, 0) is 39.2 Å². The van der Waals surface area contributed by atoms with Crippen molar-refractivity contribution in [2.45, 2.75) is 37.6 Å². The number of piperidine rings is 1. The molecule has 2 unspecified atom stereocenters. The Morgan fingerprint density at radius 1 is 1.30 bits per heavy atom. The number of aryl methyl sites for hydroxylation is 2. The first-order valence-electron chi connectivity index (χ1n) is 7.15. The summed E-state index contributed by atoms with van der Waals surface area (Å²) in [5, 5.41) is 7.68. The second-order valence-electron chi connectivity index (χ2n) is 5.91. The molecule has 2 atom stereocenters. The first-order chi connectivity index (χ1) is 9.41. The van der Waals surface area contributed by atoms with Crippen molar-refractivity contribution in [3.8, 4) is 0 Å². The summed E-state index contributed by atoms with van der Waals surface area (Å²) in [4.78, 5) is 0.388. The summed E-state index contributed by atoms with van der Waals surface area (Å²) >= 11 is 0. The van der Waals surface area contributed by atoms with E-state index in [2.05, 4.69) is 10.4 Å². The summed E-state index contributed by atoms with van der Waals surface area (Å²) in [5.74, 6) is 0.454. The van der Waals surface area contributed by atoms with E-state index in [4.69, 9.17) is 0 Å². The van der Waals surface area contributed by atoms with Crippen molar-refractivity contribution < 1.29 is 8.42 Å². The molecule has 1 N–H and O–H groups in total. The standard InChI is InChI=1S/C13H22N4O2S/c1-9-13(10(2)16(3)15-9)20(18,19)17-7-11-5-4-6-14-12(11)8-17/h11-12,14H,4-8H2,1-3H3. The summed E-state index contributed by atoms with van der Waals surface area (Å²) in [6.07, 6.45) is 2.26. The van der Waals surface area contributed by atoms with E-state index >= 15 is 0 Å². The average Bonchev–Trinajstić information content (AvgIpc) is 2.92. The van der Waals surface area contributed by atoms with Gasteiger partial charge in [0.25, 0.3) is 0 Å². The van der Waals surface area contributed by atoms with Crippen LogP contribution in [0.3, 0.4) is 0 Å². The molecule has 3 rings (SSSR count). The lowest BCUT2D eigenvalue weighted by molar-refractivity contribution is 0.339. The van der Waals surface area contributed by atoms with Crippen molar-refractivity contribution in [3.05, 3.63) is 11.4 Å². The maximum absolute atomic E-state index is 12.9. The fourth-order valence-corrected chi connectivity index (χ4v) is 5.38. The third-order valence-electron chi connectivity index (χ3n) is 4.61. The van der Waals surface area contributed by atoms with Crippen LogP contribution < -0.4 is 5.32 Å². The molecule has 112 valence electrons. The van der Waals surface area contributed by atoms with Gasteiger partial charge in [-0.1, -0.05) is 0 Å². The molecule has 1 aromatic heterocycles. The molecule has 0 bridgehead atoms. The number of hydrogen-bond donors (Lipinski definition) is 1. The molecule has 0 saturated carbocycles. The molecule has 1 aromatic rings. The van der Waals surface area contributed by atoms with E-state index in [1.54, 1.807) is 23.0 Å². The Morgan fingerprint density at radius 3 is 2.65 bits per heavy atom. The van der Waals surface area contributed by atoms with Crippen molar-refractivity contribution in [2.24, 2.45) is 13.0 Å². The van der Waals surface area contributed by atoms with Crippen LogP contribution in [0.1, 0.15) is 24.2 Å². The molecule has 0 amide bonds. The van der Waals surface area contributed by atoms with E-state index in [1.165, 1.54) is 0 Å². The Hall–Kier alpha value is -0.920. The second kappa shape index (κ2) is 4.82. The maximum Gasteiger partial charge on any atom is 0.246 e. The highest BCUT2D eigenvalue weighted by Crippen LogP contribution is 2.31. The van der Waals surface area contributed by atoms with Crippen LogP contribution in [0, 0.1) is 19.8 Å². The van der Waals surface area contributed by atoms with Gasteiger partial charge in [0, 0.05) is 26.2 Å². The molecule has 0 radical (unpaired) electrons. The van der Waals surface area contributed by atoms with Gasteiger partial charge >= 0.3 is 0 Å². The van der Waals surface area contributed by atoms with Crippen molar-refractivity contribution in [3.63, 3.8) is 0 Å². The van der Waals surface area contributed by atoms with Crippen LogP contribution in [0.5, 0.6) is 0 Å². The first kappa shape index (κ1) is 14.0. The third-order valence-corrected chi connectivity index (χ3v) is 6.69. The number of nitrogens with one attached hydrogen (secondary N) is 1. The largest absolute Gasteiger partial charge is 0.312 e. The molecular weight excluding hydrogens is 276 g/mol. The topological polar surface area (TPSA) is 67.2 Å². The Labute approximate surface area is 120 Å². The molecule has 2 aliphatic heterocycles. The number of rotatable bonds is 2. The molecule has 0 spiro atoms. The monoisotopic (exact) mass is 298 g/mol. The van der Waals surface area contributed by atoms with Crippen LogP contribution in [-0.4, -0.2) is 48.2 Å². The molecule has 2 aliphatic rings. The Kier molecular flexibility index (Phi) is 3.38. The number of fused-ring (bicyclic) bond motifs is 1. The van der Waals surface area contributed by atoms with Crippen LogP contribution in [0.25, 0.3) is 0 Å². The molecule has 2 saturated heterocycles. The van der Waals surface area contributed by atoms with Crippen LogP contribution in [0.2, 0.25) is 0 Å².